The lowest BCUT2D eigenvalue weighted by Crippen LogP contribution is -2.25. The molecule has 150 valence electrons. The second-order valence-electron chi connectivity index (χ2n) is 6.43. The summed E-state index contributed by atoms with van der Waals surface area (Å²) in [5, 5.41) is 13.6. The lowest BCUT2D eigenvalue weighted by atomic mass is 10.2. The summed E-state index contributed by atoms with van der Waals surface area (Å²) in [6.45, 7) is 0.576. The molecule has 0 spiro atoms. The van der Waals surface area contributed by atoms with Gasteiger partial charge in [-0.2, -0.15) is 0 Å². The first kappa shape index (κ1) is 20.7. The predicted molar refractivity (Wildman–Crippen MR) is 113 cm³/mol. The van der Waals surface area contributed by atoms with Crippen molar-refractivity contribution in [3.8, 4) is 11.5 Å². The molecular formula is C23H22ClNO4. The topological polar surface area (TPSA) is 67.8 Å². The van der Waals surface area contributed by atoms with Crippen molar-refractivity contribution in [2.45, 2.75) is 12.6 Å². The minimum absolute atomic E-state index is 0.0443. The van der Waals surface area contributed by atoms with Crippen LogP contribution in [0.1, 0.15) is 15.9 Å². The molecule has 0 saturated heterocycles. The van der Waals surface area contributed by atoms with Gasteiger partial charge in [0.1, 0.15) is 30.8 Å². The summed E-state index contributed by atoms with van der Waals surface area (Å²) in [5.41, 5.74) is 1.52. The normalized spacial score (nSPS) is 11.5. The third-order valence-corrected chi connectivity index (χ3v) is 4.34. The van der Waals surface area contributed by atoms with E-state index in [1.165, 1.54) is 0 Å². The summed E-state index contributed by atoms with van der Waals surface area (Å²) in [6.07, 6.45) is -0.818. The Hall–Kier alpha value is -3.02. The number of rotatable bonds is 9. The van der Waals surface area contributed by atoms with Gasteiger partial charge in [0.2, 0.25) is 0 Å². The van der Waals surface area contributed by atoms with Crippen molar-refractivity contribution in [3.63, 3.8) is 0 Å². The van der Waals surface area contributed by atoms with E-state index < -0.39 is 6.10 Å². The maximum atomic E-state index is 12.3. The maximum absolute atomic E-state index is 12.3. The molecule has 6 heteroatoms. The van der Waals surface area contributed by atoms with Crippen LogP contribution in [0.5, 0.6) is 11.5 Å². The largest absolute Gasteiger partial charge is 0.491 e. The molecule has 0 unspecified atom stereocenters. The summed E-state index contributed by atoms with van der Waals surface area (Å²) in [7, 11) is 0. The third kappa shape index (κ3) is 6.82. The Morgan fingerprint density at radius 3 is 2.31 bits per heavy atom. The summed E-state index contributed by atoms with van der Waals surface area (Å²) < 4.78 is 11.1. The van der Waals surface area contributed by atoms with E-state index in [0.29, 0.717) is 28.6 Å². The monoisotopic (exact) mass is 411 g/mol. The summed E-state index contributed by atoms with van der Waals surface area (Å²) >= 11 is 5.82. The maximum Gasteiger partial charge on any atom is 0.251 e. The number of aliphatic hydroxyl groups is 1. The lowest BCUT2D eigenvalue weighted by Gasteiger charge is -2.14. The van der Waals surface area contributed by atoms with Crippen LogP contribution in [-0.4, -0.2) is 30.3 Å². The van der Waals surface area contributed by atoms with Gasteiger partial charge in [-0.3, -0.25) is 4.79 Å². The molecule has 0 aromatic heterocycles. The molecular weight excluding hydrogens is 390 g/mol. The van der Waals surface area contributed by atoms with E-state index in [1.54, 1.807) is 48.5 Å². The standard InChI is InChI=1S/C23H22ClNO4/c24-19-9-11-21(12-10-19)28-15-20(26)16-29-22-8-4-7-18(13-22)23(27)25-14-17-5-2-1-3-6-17/h1-13,20,26H,14-16H2,(H,25,27)/t20-/m1/s1. The van der Waals surface area contributed by atoms with Crippen molar-refractivity contribution in [2.24, 2.45) is 0 Å². The zero-order valence-electron chi connectivity index (χ0n) is 15.8. The number of halogens is 1. The van der Waals surface area contributed by atoms with Crippen LogP contribution >= 0.6 is 11.6 Å². The molecule has 0 aliphatic rings. The second-order valence-corrected chi connectivity index (χ2v) is 6.86. The first-order valence-electron chi connectivity index (χ1n) is 9.21. The third-order valence-electron chi connectivity index (χ3n) is 4.09. The molecule has 0 saturated carbocycles. The van der Waals surface area contributed by atoms with Crippen molar-refractivity contribution < 1.29 is 19.4 Å². The number of benzene rings is 3. The van der Waals surface area contributed by atoms with Gasteiger partial charge in [-0.1, -0.05) is 48.0 Å². The number of amides is 1. The number of hydrogen-bond acceptors (Lipinski definition) is 4. The highest BCUT2D eigenvalue weighted by Gasteiger charge is 2.10. The minimum Gasteiger partial charge on any atom is -0.491 e. The first-order valence-corrected chi connectivity index (χ1v) is 9.59. The molecule has 29 heavy (non-hydrogen) atoms. The predicted octanol–water partition coefficient (Wildman–Crippen LogP) is 4.09. The molecule has 0 aliphatic heterocycles. The van der Waals surface area contributed by atoms with Crippen molar-refractivity contribution in [3.05, 3.63) is 95.0 Å². The molecule has 0 radical (unpaired) electrons. The van der Waals surface area contributed by atoms with E-state index in [9.17, 15) is 9.90 Å². The molecule has 5 nitrogen and oxygen atoms in total. The van der Waals surface area contributed by atoms with Gasteiger partial charge in [0.15, 0.2) is 0 Å². The fourth-order valence-electron chi connectivity index (χ4n) is 2.57. The molecule has 1 amide bonds. The summed E-state index contributed by atoms with van der Waals surface area (Å²) in [6, 6.07) is 23.4. The molecule has 3 aromatic rings. The van der Waals surface area contributed by atoms with Crippen molar-refractivity contribution in [1.29, 1.82) is 0 Å². The Balaban J connectivity index is 1.46. The number of hydrogen-bond donors (Lipinski definition) is 2. The van der Waals surface area contributed by atoms with Crippen LogP contribution in [-0.2, 0) is 6.54 Å². The Morgan fingerprint density at radius 1 is 0.897 bits per heavy atom. The molecule has 0 heterocycles. The summed E-state index contributed by atoms with van der Waals surface area (Å²) in [5.74, 6) is 0.930. The van der Waals surface area contributed by atoms with Gasteiger partial charge in [-0.25, -0.2) is 0 Å². The number of nitrogens with one attached hydrogen (secondary N) is 1. The van der Waals surface area contributed by atoms with Crippen molar-refractivity contribution in [2.75, 3.05) is 13.2 Å². The Morgan fingerprint density at radius 2 is 1.59 bits per heavy atom. The fraction of sp³-hybridized carbons (Fsp3) is 0.174. The van der Waals surface area contributed by atoms with E-state index >= 15 is 0 Å². The number of ether oxygens (including phenoxy) is 2. The first-order chi connectivity index (χ1) is 14.1. The average Bonchev–Trinajstić information content (AvgIpc) is 2.76. The van der Waals surface area contributed by atoms with Crippen LogP contribution in [0, 0.1) is 0 Å². The second kappa shape index (κ2) is 10.5. The molecule has 3 aromatic carbocycles. The Kier molecular flexibility index (Phi) is 7.50. The average molecular weight is 412 g/mol. The quantitative estimate of drug-likeness (QED) is 0.556. The number of aliphatic hydroxyl groups excluding tert-OH is 1. The van der Waals surface area contributed by atoms with E-state index in [4.69, 9.17) is 21.1 Å². The van der Waals surface area contributed by atoms with Crippen LogP contribution in [0.15, 0.2) is 78.9 Å². The van der Waals surface area contributed by atoms with Crippen LogP contribution in [0.25, 0.3) is 0 Å². The van der Waals surface area contributed by atoms with E-state index in [-0.39, 0.29) is 19.1 Å². The zero-order chi connectivity index (χ0) is 20.5. The van der Waals surface area contributed by atoms with Gasteiger partial charge in [-0.15, -0.1) is 0 Å². The van der Waals surface area contributed by atoms with Crippen molar-refractivity contribution in [1.82, 2.24) is 5.32 Å². The van der Waals surface area contributed by atoms with Gasteiger partial charge in [-0.05, 0) is 48.0 Å². The molecule has 3 rings (SSSR count). The van der Waals surface area contributed by atoms with Gasteiger partial charge in [0.25, 0.3) is 5.91 Å². The van der Waals surface area contributed by atoms with Crippen molar-refractivity contribution >= 4 is 17.5 Å². The molecule has 0 bridgehead atoms. The van der Waals surface area contributed by atoms with Crippen LogP contribution in [0.2, 0.25) is 5.02 Å². The van der Waals surface area contributed by atoms with Crippen LogP contribution in [0.3, 0.4) is 0 Å². The van der Waals surface area contributed by atoms with Gasteiger partial charge in [0.05, 0.1) is 0 Å². The van der Waals surface area contributed by atoms with E-state index in [2.05, 4.69) is 5.32 Å². The van der Waals surface area contributed by atoms with E-state index in [0.717, 1.165) is 5.56 Å². The van der Waals surface area contributed by atoms with Gasteiger partial charge in [0, 0.05) is 17.1 Å². The van der Waals surface area contributed by atoms with Gasteiger partial charge < -0.3 is 19.9 Å². The molecule has 0 fully saturated rings. The number of carbonyl (C=O) groups excluding carboxylic acids is 1. The Bertz CT molecular complexity index is 916. The highest BCUT2D eigenvalue weighted by atomic mass is 35.5. The van der Waals surface area contributed by atoms with E-state index in [1.807, 2.05) is 30.3 Å². The highest BCUT2D eigenvalue weighted by Crippen LogP contribution is 2.16. The fourth-order valence-corrected chi connectivity index (χ4v) is 2.70. The highest BCUT2D eigenvalue weighted by molar-refractivity contribution is 6.30. The van der Waals surface area contributed by atoms with Crippen LogP contribution < -0.4 is 14.8 Å². The molecule has 0 aliphatic carbocycles. The van der Waals surface area contributed by atoms with Gasteiger partial charge >= 0.3 is 0 Å². The Labute approximate surface area is 174 Å². The molecule has 1 atom stereocenters. The minimum atomic E-state index is -0.818. The summed E-state index contributed by atoms with van der Waals surface area (Å²) in [4.78, 5) is 12.3. The smallest absolute Gasteiger partial charge is 0.251 e. The zero-order valence-corrected chi connectivity index (χ0v) is 16.5. The number of carbonyl (C=O) groups is 1. The molecule has 2 N–H and O–H groups in total. The van der Waals surface area contributed by atoms with Crippen LogP contribution in [0.4, 0.5) is 0 Å². The SMILES string of the molecule is O=C(NCc1ccccc1)c1cccc(OC[C@H](O)COc2ccc(Cl)cc2)c1. The lowest BCUT2D eigenvalue weighted by molar-refractivity contribution is 0.0626.